The highest BCUT2D eigenvalue weighted by Crippen LogP contribution is 2.30. The maximum atomic E-state index is 12.1. The number of imidazole rings is 1. The van der Waals surface area contributed by atoms with Gasteiger partial charge in [-0.1, -0.05) is 0 Å². The Hall–Kier alpha value is -0.920. The van der Waals surface area contributed by atoms with Gasteiger partial charge in [0.2, 0.25) is 0 Å². The monoisotopic (exact) mass is 229 g/mol. The van der Waals surface area contributed by atoms with Crippen LogP contribution in [0.2, 0.25) is 0 Å². The van der Waals surface area contributed by atoms with Gasteiger partial charge < -0.3 is 4.74 Å². The first-order valence-corrected chi connectivity index (χ1v) is 6.19. The van der Waals surface area contributed by atoms with Crippen molar-refractivity contribution in [3.8, 4) is 0 Å². The van der Waals surface area contributed by atoms with Crippen molar-refractivity contribution in [2.45, 2.75) is 18.6 Å². The Kier molecular flexibility index (Phi) is 1.88. The molecule has 2 bridgehead atoms. The average Bonchev–Trinajstić information content (AvgIpc) is 2.94. The molecule has 2 fully saturated rings. The van der Waals surface area contributed by atoms with Crippen LogP contribution >= 0.6 is 0 Å². The van der Waals surface area contributed by atoms with Crippen LogP contribution in [-0.2, 0) is 14.9 Å². The second-order valence-electron chi connectivity index (χ2n) is 3.81. The molecule has 15 heavy (non-hydrogen) atoms. The second kappa shape index (κ2) is 3.03. The molecule has 0 amide bonds. The summed E-state index contributed by atoms with van der Waals surface area (Å²) in [5, 5.41) is 0. The molecule has 0 radical (unpaired) electrons. The maximum Gasteiger partial charge on any atom is 0.309 e. The number of morpholine rings is 1. The van der Waals surface area contributed by atoms with Gasteiger partial charge in [0.1, 0.15) is 6.33 Å². The number of nitrogens with zero attached hydrogens (tertiary/aromatic N) is 3. The highest BCUT2D eigenvalue weighted by molar-refractivity contribution is 7.87. The highest BCUT2D eigenvalue weighted by atomic mass is 32.2. The van der Waals surface area contributed by atoms with E-state index in [0.717, 1.165) is 10.4 Å². The van der Waals surface area contributed by atoms with E-state index in [1.165, 1.54) is 23.0 Å². The Morgan fingerprint density at radius 2 is 2.33 bits per heavy atom. The first-order valence-electron chi connectivity index (χ1n) is 4.80. The Labute approximate surface area is 87.7 Å². The summed E-state index contributed by atoms with van der Waals surface area (Å²) < 4.78 is 32.2. The third-order valence-corrected chi connectivity index (χ3v) is 4.68. The van der Waals surface area contributed by atoms with E-state index >= 15 is 0 Å². The molecule has 1 aromatic rings. The fourth-order valence-electron chi connectivity index (χ4n) is 2.15. The number of rotatable bonds is 2. The molecule has 6 nitrogen and oxygen atoms in total. The van der Waals surface area contributed by atoms with Gasteiger partial charge in [-0.25, -0.2) is 8.96 Å². The molecular weight excluding hydrogens is 218 g/mol. The van der Waals surface area contributed by atoms with Crippen molar-refractivity contribution in [3.63, 3.8) is 0 Å². The topological polar surface area (TPSA) is 64.4 Å². The minimum Gasteiger partial charge on any atom is -0.375 e. The normalized spacial score (nSPS) is 31.2. The van der Waals surface area contributed by atoms with E-state index in [1.807, 2.05) is 0 Å². The van der Waals surface area contributed by atoms with Gasteiger partial charge in [-0.2, -0.15) is 12.7 Å². The van der Waals surface area contributed by atoms with E-state index in [2.05, 4.69) is 4.98 Å². The average molecular weight is 229 g/mol. The van der Waals surface area contributed by atoms with Crippen LogP contribution < -0.4 is 0 Å². The number of fused-ring (bicyclic) bond motifs is 2. The molecule has 0 saturated carbocycles. The maximum absolute atomic E-state index is 12.1. The summed E-state index contributed by atoms with van der Waals surface area (Å²) in [5.41, 5.74) is 0. The lowest BCUT2D eigenvalue weighted by Crippen LogP contribution is -2.43. The summed E-state index contributed by atoms with van der Waals surface area (Å²) in [6.45, 7) is 0.976. The molecular formula is C8H11N3O3S. The van der Waals surface area contributed by atoms with Gasteiger partial charge >= 0.3 is 10.2 Å². The zero-order valence-electron chi connectivity index (χ0n) is 7.98. The quantitative estimate of drug-likeness (QED) is 0.682. The summed E-state index contributed by atoms with van der Waals surface area (Å²) in [6.07, 6.45) is 5.11. The number of ether oxygens (including phenoxy) is 1. The lowest BCUT2D eigenvalue weighted by atomic mass is 10.3. The Morgan fingerprint density at radius 3 is 2.87 bits per heavy atom. The lowest BCUT2D eigenvalue weighted by molar-refractivity contribution is 0.0605. The lowest BCUT2D eigenvalue weighted by Gasteiger charge is -2.25. The molecule has 0 N–H and O–H groups in total. The van der Waals surface area contributed by atoms with E-state index in [4.69, 9.17) is 4.74 Å². The van der Waals surface area contributed by atoms with Crippen molar-refractivity contribution >= 4 is 10.2 Å². The van der Waals surface area contributed by atoms with Gasteiger partial charge in [0.15, 0.2) is 0 Å². The molecule has 0 aliphatic carbocycles. The van der Waals surface area contributed by atoms with Crippen LogP contribution in [0.1, 0.15) is 6.42 Å². The van der Waals surface area contributed by atoms with Crippen molar-refractivity contribution < 1.29 is 13.2 Å². The molecule has 2 saturated heterocycles. The van der Waals surface area contributed by atoms with Gasteiger partial charge in [-0.15, -0.1) is 0 Å². The van der Waals surface area contributed by atoms with Gasteiger partial charge in [-0.05, 0) is 6.42 Å². The molecule has 3 rings (SSSR count). The summed E-state index contributed by atoms with van der Waals surface area (Å²) >= 11 is 0. The number of aromatic nitrogens is 2. The van der Waals surface area contributed by atoms with Crippen LogP contribution in [0.3, 0.4) is 0 Å². The minimum atomic E-state index is -3.42. The van der Waals surface area contributed by atoms with Crippen molar-refractivity contribution in [3.05, 3.63) is 18.7 Å². The molecule has 0 unspecified atom stereocenters. The summed E-state index contributed by atoms with van der Waals surface area (Å²) in [5.74, 6) is 0. The molecule has 0 spiro atoms. The summed E-state index contributed by atoms with van der Waals surface area (Å²) in [6, 6.07) is 0.00222. The Balaban J connectivity index is 1.95. The number of hydrogen-bond donors (Lipinski definition) is 0. The first-order chi connectivity index (χ1) is 7.18. The highest BCUT2D eigenvalue weighted by Gasteiger charge is 2.45. The fraction of sp³-hybridized carbons (Fsp3) is 0.625. The minimum absolute atomic E-state index is 0.00222. The predicted molar refractivity (Wildman–Crippen MR) is 51.4 cm³/mol. The van der Waals surface area contributed by atoms with Crippen LogP contribution in [0.5, 0.6) is 0 Å². The fourth-order valence-corrected chi connectivity index (χ4v) is 3.65. The van der Waals surface area contributed by atoms with Crippen LogP contribution in [0.25, 0.3) is 0 Å². The van der Waals surface area contributed by atoms with Gasteiger partial charge in [0.25, 0.3) is 0 Å². The van der Waals surface area contributed by atoms with Gasteiger partial charge in [-0.3, -0.25) is 0 Å². The zero-order chi connectivity index (χ0) is 10.5. The molecule has 2 atom stereocenters. The molecule has 2 aliphatic rings. The van der Waals surface area contributed by atoms with Crippen molar-refractivity contribution in [1.82, 2.24) is 13.3 Å². The third kappa shape index (κ3) is 1.30. The Morgan fingerprint density at radius 1 is 1.47 bits per heavy atom. The summed E-state index contributed by atoms with van der Waals surface area (Å²) in [7, 11) is -3.42. The Bertz CT molecular complexity index is 455. The zero-order valence-corrected chi connectivity index (χ0v) is 8.80. The molecule has 0 aromatic carbocycles. The predicted octanol–water partition coefficient (Wildman–Crippen LogP) is -0.551. The molecule has 7 heteroatoms. The SMILES string of the molecule is O=S(=O)(N1C[C@@H]2C[C@H]1CO2)n1ccnc1. The number of hydrogen-bond acceptors (Lipinski definition) is 4. The molecule has 2 aliphatic heterocycles. The standard InChI is InChI=1S/C8H11N3O3S/c12-15(13,10-2-1-9-6-10)11-4-8-3-7(11)5-14-8/h1-2,6-8H,3-5H2/t7-,8-/m0/s1. The molecule has 1 aromatic heterocycles. The third-order valence-electron chi connectivity index (χ3n) is 2.89. The van der Waals surface area contributed by atoms with E-state index in [0.29, 0.717) is 13.2 Å². The van der Waals surface area contributed by atoms with Gasteiger partial charge in [0, 0.05) is 18.9 Å². The first kappa shape index (κ1) is 9.32. The van der Waals surface area contributed by atoms with E-state index in [-0.39, 0.29) is 12.1 Å². The summed E-state index contributed by atoms with van der Waals surface area (Å²) in [4.78, 5) is 3.75. The molecule has 3 heterocycles. The van der Waals surface area contributed by atoms with Crippen molar-refractivity contribution in [2.75, 3.05) is 13.2 Å². The van der Waals surface area contributed by atoms with E-state index in [1.54, 1.807) is 0 Å². The van der Waals surface area contributed by atoms with Crippen molar-refractivity contribution in [1.29, 1.82) is 0 Å². The van der Waals surface area contributed by atoms with Crippen LogP contribution in [-0.4, -0.2) is 47.0 Å². The van der Waals surface area contributed by atoms with Crippen molar-refractivity contribution in [2.24, 2.45) is 0 Å². The largest absolute Gasteiger partial charge is 0.375 e. The van der Waals surface area contributed by atoms with Crippen LogP contribution in [0.15, 0.2) is 18.7 Å². The molecule has 82 valence electrons. The van der Waals surface area contributed by atoms with Crippen LogP contribution in [0.4, 0.5) is 0 Å². The van der Waals surface area contributed by atoms with Gasteiger partial charge in [0.05, 0.1) is 18.8 Å². The van der Waals surface area contributed by atoms with E-state index in [9.17, 15) is 8.42 Å². The second-order valence-corrected chi connectivity index (χ2v) is 5.60. The van der Waals surface area contributed by atoms with Crippen LogP contribution in [0, 0.1) is 0 Å². The smallest absolute Gasteiger partial charge is 0.309 e. The van der Waals surface area contributed by atoms with E-state index < -0.39 is 10.2 Å².